The Morgan fingerprint density at radius 3 is 2.68 bits per heavy atom. The highest BCUT2D eigenvalue weighted by Crippen LogP contribution is 2.43. The van der Waals surface area contributed by atoms with Crippen LogP contribution >= 0.6 is 0 Å². The standard InChI is InChI=1S/C32H33N7O2/c1-20(2)41-11-10-34-17-22-4-6-24-18-39(32(40)27(24)13-22)30-15-25(14-29(36-30)23-7-8-23)26-9-5-21(16-33)12-28(26)31-37-35-19-38(31)3/h4-6,9,12-15,19-20,23,34H,7-8,10-11,17-18H2,1-3H3. The van der Waals surface area contributed by atoms with Crippen LogP contribution in [-0.2, 0) is 24.9 Å². The first kappa shape index (κ1) is 26.8. The molecule has 9 nitrogen and oxygen atoms in total. The van der Waals surface area contributed by atoms with Crippen LogP contribution in [-0.4, -0.2) is 44.9 Å². The third-order valence-electron chi connectivity index (χ3n) is 7.55. The van der Waals surface area contributed by atoms with Crippen LogP contribution in [0.4, 0.5) is 5.82 Å². The number of hydrogen-bond acceptors (Lipinski definition) is 7. The fraction of sp³-hybridized carbons (Fsp3) is 0.344. The summed E-state index contributed by atoms with van der Waals surface area (Å²) in [7, 11) is 1.88. The van der Waals surface area contributed by atoms with Crippen LogP contribution in [0.1, 0.15) is 65.3 Å². The Hall–Kier alpha value is -4.39. The molecule has 1 aliphatic carbocycles. The lowest BCUT2D eigenvalue weighted by Crippen LogP contribution is -2.24. The van der Waals surface area contributed by atoms with Gasteiger partial charge in [0.1, 0.15) is 12.1 Å². The van der Waals surface area contributed by atoms with E-state index in [1.165, 1.54) is 0 Å². The number of carbonyl (C=O) groups is 1. The molecule has 1 aliphatic heterocycles. The van der Waals surface area contributed by atoms with Crippen LogP contribution in [0, 0.1) is 11.3 Å². The van der Waals surface area contributed by atoms with Gasteiger partial charge in [-0.05, 0) is 79.3 Å². The average molecular weight is 548 g/mol. The Kier molecular flexibility index (Phi) is 7.35. The highest BCUT2D eigenvalue weighted by Gasteiger charge is 2.32. The molecule has 1 N–H and O–H groups in total. The van der Waals surface area contributed by atoms with Gasteiger partial charge in [0.2, 0.25) is 0 Å². The molecule has 0 atom stereocenters. The topological polar surface area (TPSA) is 109 Å². The second-order valence-corrected chi connectivity index (χ2v) is 11.0. The monoisotopic (exact) mass is 547 g/mol. The van der Waals surface area contributed by atoms with Crippen molar-refractivity contribution in [2.24, 2.45) is 7.05 Å². The maximum Gasteiger partial charge on any atom is 0.260 e. The zero-order chi connectivity index (χ0) is 28.5. The third kappa shape index (κ3) is 5.62. The quantitative estimate of drug-likeness (QED) is 0.279. The molecule has 2 aliphatic rings. The number of anilines is 1. The van der Waals surface area contributed by atoms with E-state index in [4.69, 9.17) is 9.72 Å². The minimum Gasteiger partial charge on any atom is -0.377 e. The maximum absolute atomic E-state index is 13.7. The molecule has 6 rings (SSSR count). The molecule has 1 fully saturated rings. The van der Waals surface area contributed by atoms with Crippen LogP contribution in [0.2, 0.25) is 0 Å². The van der Waals surface area contributed by atoms with E-state index in [0.717, 1.165) is 58.5 Å². The van der Waals surface area contributed by atoms with E-state index in [1.54, 1.807) is 11.2 Å². The summed E-state index contributed by atoms with van der Waals surface area (Å²) in [5.41, 5.74) is 7.00. The second kappa shape index (κ2) is 11.2. The zero-order valence-corrected chi connectivity index (χ0v) is 23.6. The van der Waals surface area contributed by atoms with E-state index < -0.39 is 0 Å². The van der Waals surface area contributed by atoms with Crippen LogP contribution in [0.5, 0.6) is 0 Å². The first-order valence-electron chi connectivity index (χ1n) is 14.1. The predicted octanol–water partition coefficient (Wildman–Crippen LogP) is 4.97. The Bertz CT molecular complexity index is 1650. The molecule has 3 heterocycles. The molecule has 208 valence electrons. The Labute approximate surface area is 239 Å². The Morgan fingerprint density at radius 1 is 1.10 bits per heavy atom. The summed E-state index contributed by atoms with van der Waals surface area (Å²) in [5.74, 6) is 1.67. The summed E-state index contributed by atoms with van der Waals surface area (Å²) in [6, 6.07) is 18.1. The highest BCUT2D eigenvalue weighted by atomic mass is 16.5. The number of rotatable bonds is 10. The lowest BCUT2D eigenvalue weighted by Gasteiger charge is -2.18. The van der Waals surface area contributed by atoms with Gasteiger partial charge in [-0.3, -0.25) is 9.69 Å². The van der Waals surface area contributed by atoms with Gasteiger partial charge in [0.25, 0.3) is 5.91 Å². The molecule has 0 bridgehead atoms. The lowest BCUT2D eigenvalue weighted by atomic mass is 9.96. The molecule has 9 heteroatoms. The first-order valence-corrected chi connectivity index (χ1v) is 14.1. The van der Waals surface area contributed by atoms with Crippen LogP contribution in [0.3, 0.4) is 0 Å². The summed E-state index contributed by atoms with van der Waals surface area (Å²) in [6.45, 7) is 6.60. The van der Waals surface area contributed by atoms with E-state index in [1.807, 2.05) is 61.9 Å². The van der Waals surface area contributed by atoms with Crippen molar-refractivity contribution in [2.75, 3.05) is 18.1 Å². The number of hydrogen-bond donors (Lipinski definition) is 1. The number of nitrogens with one attached hydrogen (secondary N) is 1. The number of nitrogens with zero attached hydrogens (tertiary/aromatic N) is 6. The molecule has 0 saturated heterocycles. The van der Waals surface area contributed by atoms with E-state index >= 15 is 0 Å². The fourth-order valence-corrected chi connectivity index (χ4v) is 5.24. The van der Waals surface area contributed by atoms with Crippen molar-refractivity contribution >= 4 is 11.7 Å². The Balaban J connectivity index is 1.31. The van der Waals surface area contributed by atoms with Crippen LogP contribution in [0.25, 0.3) is 22.5 Å². The lowest BCUT2D eigenvalue weighted by molar-refractivity contribution is 0.0807. The van der Waals surface area contributed by atoms with E-state index in [-0.39, 0.29) is 12.0 Å². The molecule has 0 spiro atoms. The van der Waals surface area contributed by atoms with Gasteiger partial charge in [-0.25, -0.2) is 4.98 Å². The Morgan fingerprint density at radius 2 is 1.95 bits per heavy atom. The van der Waals surface area contributed by atoms with Gasteiger partial charge in [0.15, 0.2) is 5.82 Å². The number of benzene rings is 2. The highest BCUT2D eigenvalue weighted by molar-refractivity contribution is 6.10. The van der Waals surface area contributed by atoms with E-state index in [0.29, 0.717) is 42.8 Å². The van der Waals surface area contributed by atoms with Gasteiger partial charge in [-0.1, -0.05) is 18.2 Å². The normalized spacial score (nSPS) is 14.5. The van der Waals surface area contributed by atoms with Crippen LogP contribution in [0.15, 0.2) is 54.9 Å². The third-order valence-corrected chi connectivity index (χ3v) is 7.55. The van der Waals surface area contributed by atoms with E-state index in [9.17, 15) is 10.1 Å². The van der Waals surface area contributed by atoms with E-state index in [2.05, 4.69) is 33.7 Å². The van der Waals surface area contributed by atoms with Crippen molar-refractivity contribution in [1.82, 2.24) is 25.1 Å². The van der Waals surface area contributed by atoms with Crippen molar-refractivity contribution in [1.29, 1.82) is 5.26 Å². The van der Waals surface area contributed by atoms with Crippen molar-refractivity contribution in [3.8, 4) is 28.6 Å². The molecule has 1 saturated carbocycles. The maximum atomic E-state index is 13.7. The number of pyridine rings is 1. The van der Waals surface area contributed by atoms with Crippen molar-refractivity contribution in [3.63, 3.8) is 0 Å². The number of nitriles is 1. The van der Waals surface area contributed by atoms with Gasteiger partial charge in [0.05, 0.1) is 30.9 Å². The fourth-order valence-electron chi connectivity index (χ4n) is 5.24. The zero-order valence-electron chi connectivity index (χ0n) is 23.6. The minimum absolute atomic E-state index is 0.0373. The smallest absolute Gasteiger partial charge is 0.260 e. The number of amides is 1. The summed E-state index contributed by atoms with van der Waals surface area (Å²) >= 11 is 0. The molecule has 2 aromatic carbocycles. The van der Waals surface area contributed by atoms with Crippen molar-refractivity contribution in [3.05, 3.63) is 82.8 Å². The number of aryl methyl sites for hydroxylation is 1. The largest absolute Gasteiger partial charge is 0.377 e. The predicted molar refractivity (Wildman–Crippen MR) is 156 cm³/mol. The molecule has 2 aromatic heterocycles. The minimum atomic E-state index is -0.0373. The molecule has 0 radical (unpaired) electrons. The summed E-state index contributed by atoms with van der Waals surface area (Å²) in [4.78, 5) is 20.5. The molecule has 41 heavy (non-hydrogen) atoms. The molecular weight excluding hydrogens is 514 g/mol. The number of ether oxygens (including phenoxy) is 1. The van der Waals surface area contributed by atoms with Crippen molar-refractivity contribution < 1.29 is 9.53 Å². The summed E-state index contributed by atoms with van der Waals surface area (Å²) < 4.78 is 7.44. The van der Waals surface area contributed by atoms with Gasteiger partial charge in [-0.15, -0.1) is 10.2 Å². The summed E-state index contributed by atoms with van der Waals surface area (Å²) in [6.07, 6.45) is 4.04. The molecule has 0 unspecified atom stereocenters. The second-order valence-electron chi connectivity index (χ2n) is 11.0. The SMILES string of the molecule is CC(C)OCCNCc1ccc2c(c1)C(=O)N(c1cc(-c3ccc(C#N)cc3-c3nncn3C)cc(C3CC3)n1)C2. The van der Waals surface area contributed by atoms with Gasteiger partial charge in [-0.2, -0.15) is 5.26 Å². The van der Waals surface area contributed by atoms with Gasteiger partial charge >= 0.3 is 0 Å². The first-order chi connectivity index (χ1) is 19.9. The molecule has 1 amide bonds. The van der Waals surface area contributed by atoms with Crippen molar-refractivity contribution in [2.45, 2.75) is 51.8 Å². The molecule has 4 aromatic rings. The number of fused-ring (bicyclic) bond motifs is 1. The van der Waals surface area contributed by atoms with Gasteiger partial charge < -0.3 is 14.6 Å². The molecular formula is C32H33N7O2. The summed E-state index contributed by atoms with van der Waals surface area (Å²) in [5, 5.41) is 21.3. The van der Waals surface area contributed by atoms with Gasteiger partial charge in [0, 0.05) is 42.9 Å². The van der Waals surface area contributed by atoms with Crippen LogP contribution < -0.4 is 10.2 Å². The number of aromatic nitrogens is 4. The number of carbonyl (C=O) groups excluding carboxylic acids is 1. The average Bonchev–Trinajstić information content (AvgIpc) is 3.67.